The third kappa shape index (κ3) is 3.24. The van der Waals surface area contributed by atoms with E-state index in [1.165, 1.54) is 25.7 Å². The van der Waals surface area contributed by atoms with Crippen LogP contribution in [0, 0.1) is 5.41 Å². The summed E-state index contributed by atoms with van der Waals surface area (Å²) in [5.41, 5.74) is 1.86. The van der Waals surface area contributed by atoms with Crippen LogP contribution < -0.4 is 10.6 Å². The highest BCUT2D eigenvalue weighted by Gasteiger charge is 2.25. The van der Waals surface area contributed by atoms with Crippen molar-refractivity contribution < 1.29 is 0 Å². The maximum absolute atomic E-state index is 4.44. The Hall–Kier alpha value is -0.990. The fraction of sp³-hybridized carbons (Fsp3) is 0.786. The summed E-state index contributed by atoms with van der Waals surface area (Å²) in [5.74, 6) is 0.974. The molecule has 0 spiro atoms. The van der Waals surface area contributed by atoms with Crippen LogP contribution in [0.3, 0.4) is 0 Å². The van der Waals surface area contributed by atoms with E-state index in [2.05, 4.69) is 42.5 Å². The van der Waals surface area contributed by atoms with Crippen molar-refractivity contribution in [2.75, 3.05) is 13.1 Å². The van der Waals surface area contributed by atoms with Gasteiger partial charge in [0.25, 0.3) is 0 Å². The SMILES string of the molecule is CC1CN=C(NCC(C)(C)C2=CCCCC2)N1. The normalized spacial score (nSPS) is 25.0. The number of allylic oxidation sites excluding steroid dienone is 1. The molecule has 0 aromatic rings. The molecule has 2 N–H and O–H groups in total. The number of guanidine groups is 1. The van der Waals surface area contributed by atoms with Gasteiger partial charge in [-0.25, -0.2) is 0 Å². The lowest BCUT2D eigenvalue weighted by Gasteiger charge is -2.31. The number of nitrogens with one attached hydrogen (secondary N) is 2. The molecule has 1 aliphatic carbocycles. The Balaban J connectivity index is 1.86. The van der Waals surface area contributed by atoms with E-state index in [1.54, 1.807) is 5.57 Å². The molecule has 17 heavy (non-hydrogen) atoms. The van der Waals surface area contributed by atoms with Gasteiger partial charge in [-0.1, -0.05) is 25.5 Å². The fourth-order valence-corrected chi connectivity index (χ4v) is 2.53. The Morgan fingerprint density at radius 1 is 1.47 bits per heavy atom. The summed E-state index contributed by atoms with van der Waals surface area (Å²) >= 11 is 0. The maximum atomic E-state index is 4.44. The van der Waals surface area contributed by atoms with Gasteiger partial charge in [0, 0.05) is 18.0 Å². The molecule has 1 atom stereocenters. The first-order valence-electron chi connectivity index (χ1n) is 6.82. The minimum atomic E-state index is 0.246. The zero-order chi connectivity index (χ0) is 12.3. The summed E-state index contributed by atoms with van der Waals surface area (Å²) in [6.07, 6.45) is 7.68. The van der Waals surface area contributed by atoms with E-state index in [1.807, 2.05) is 0 Å². The van der Waals surface area contributed by atoms with Gasteiger partial charge in [0.15, 0.2) is 5.96 Å². The molecule has 0 saturated heterocycles. The van der Waals surface area contributed by atoms with Crippen LogP contribution in [0.15, 0.2) is 16.6 Å². The summed E-state index contributed by atoms with van der Waals surface area (Å²) in [5, 5.41) is 6.80. The van der Waals surface area contributed by atoms with Gasteiger partial charge < -0.3 is 10.6 Å². The van der Waals surface area contributed by atoms with Gasteiger partial charge in [0.05, 0.1) is 6.54 Å². The minimum Gasteiger partial charge on any atom is -0.356 e. The summed E-state index contributed by atoms with van der Waals surface area (Å²) in [6, 6.07) is 0.481. The Kier molecular flexibility index (Phi) is 3.75. The lowest BCUT2D eigenvalue weighted by atomic mass is 9.78. The topological polar surface area (TPSA) is 36.4 Å². The molecule has 0 fully saturated rings. The van der Waals surface area contributed by atoms with Crippen LogP contribution in [-0.4, -0.2) is 25.1 Å². The smallest absolute Gasteiger partial charge is 0.191 e. The largest absolute Gasteiger partial charge is 0.356 e. The van der Waals surface area contributed by atoms with E-state index in [0.29, 0.717) is 6.04 Å². The fourth-order valence-electron chi connectivity index (χ4n) is 2.53. The van der Waals surface area contributed by atoms with Crippen molar-refractivity contribution in [2.45, 2.75) is 52.5 Å². The van der Waals surface area contributed by atoms with Gasteiger partial charge in [-0.3, -0.25) is 4.99 Å². The van der Waals surface area contributed by atoms with Crippen molar-refractivity contribution in [3.8, 4) is 0 Å². The van der Waals surface area contributed by atoms with Crippen molar-refractivity contribution in [1.29, 1.82) is 0 Å². The van der Waals surface area contributed by atoms with E-state index in [9.17, 15) is 0 Å². The number of rotatable bonds is 3. The molecule has 1 aliphatic heterocycles. The number of hydrogen-bond donors (Lipinski definition) is 2. The second kappa shape index (κ2) is 5.11. The third-order valence-electron chi connectivity index (χ3n) is 3.76. The average Bonchev–Trinajstić information content (AvgIpc) is 2.74. The molecule has 2 aliphatic rings. The van der Waals surface area contributed by atoms with Crippen molar-refractivity contribution in [3.05, 3.63) is 11.6 Å². The number of aliphatic imine (C=N–C) groups is 1. The maximum Gasteiger partial charge on any atom is 0.191 e. The molecule has 0 radical (unpaired) electrons. The quantitative estimate of drug-likeness (QED) is 0.737. The first-order valence-corrected chi connectivity index (χ1v) is 6.82. The second-order valence-corrected chi connectivity index (χ2v) is 5.95. The molecule has 3 nitrogen and oxygen atoms in total. The number of hydrogen-bond acceptors (Lipinski definition) is 3. The first-order chi connectivity index (χ1) is 8.08. The highest BCUT2D eigenvalue weighted by atomic mass is 15.2. The van der Waals surface area contributed by atoms with Crippen molar-refractivity contribution in [2.24, 2.45) is 10.4 Å². The molecule has 1 heterocycles. The standard InChI is InChI=1S/C14H25N3/c1-11-9-15-13(17-11)16-10-14(2,3)12-7-5-4-6-8-12/h7,11H,4-6,8-10H2,1-3H3,(H2,15,16,17). The zero-order valence-corrected chi connectivity index (χ0v) is 11.3. The van der Waals surface area contributed by atoms with Gasteiger partial charge in [0.2, 0.25) is 0 Å². The summed E-state index contributed by atoms with van der Waals surface area (Å²) < 4.78 is 0. The molecule has 96 valence electrons. The van der Waals surface area contributed by atoms with E-state index in [-0.39, 0.29) is 5.41 Å². The Labute approximate surface area is 105 Å². The summed E-state index contributed by atoms with van der Waals surface area (Å²) in [4.78, 5) is 4.44. The van der Waals surface area contributed by atoms with Crippen LogP contribution >= 0.6 is 0 Å². The second-order valence-electron chi connectivity index (χ2n) is 5.95. The third-order valence-corrected chi connectivity index (χ3v) is 3.76. The van der Waals surface area contributed by atoms with E-state index in [4.69, 9.17) is 0 Å². The highest BCUT2D eigenvalue weighted by Crippen LogP contribution is 2.33. The molecule has 0 aromatic carbocycles. The lowest BCUT2D eigenvalue weighted by molar-refractivity contribution is 0.407. The van der Waals surface area contributed by atoms with Gasteiger partial charge in [-0.15, -0.1) is 0 Å². The molecule has 0 amide bonds. The summed E-state index contributed by atoms with van der Waals surface area (Å²) in [6.45, 7) is 8.68. The Morgan fingerprint density at radius 2 is 2.29 bits per heavy atom. The van der Waals surface area contributed by atoms with Crippen LogP contribution in [0.5, 0.6) is 0 Å². The Morgan fingerprint density at radius 3 is 2.88 bits per heavy atom. The molecule has 0 saturated carbocycles. The van der Waals surface area contributed by atoms with Gasteiger partial charge in [0.1, 0.15) is 0 Å². The molecule has 0 aromatic heterocycles. The van der Waals surface area contributed by atoms with Crippen molar-refractivity contribution in [3.63, 3.8) is 0 Å². The van der Waals surface area contributed by atoms with Gasteiger partial charge in [-0.2, -0.15) is 0 Å². The molecule has 2 rings (SSSR count). The first kappa shape index (κ1) is 12.5. The highest BCUT2D eigenvalue weighted by molar-refractivity contribution is 5.81. The monoisotopic (exact) mass is 235 g/mol. The molecule has 1 unspecified atom stereocenters. The van der Waals surface area contributed by atoms with Gasteiger partial charge in [-0.05, 0) is 32.6 Å². The molecular weight excluding hydrogens is 210 g/mol. The van der Waals surface area contributed by atoms with E-state index in [0.717, 1.165) is 19.0 Å². The van der Waals surface area contributed by atoms with E-state index < -0.39 is 0 Å². The van der Waals surface area contributed by atoms with Crippen LogP contribution in [0.2, 0.25) is 0 Å². The predicted molar refractivity (Wildman–Crippen MR) is 73.2 cm³/mol. The van der Waals surface area contributed by atoms with Crippen LogP contribution in [0.25, 0.3) is 0 Å². The summed E-state index contributed by atoms with van der Waals surface area (Å²) in [7, 11) is 0. The zero-order valence-electron chi connectivity index (χ0n) is 11.3. The lowest BCUT2D eigenvalue weighted by Crippen LogP contribution is -2.42. The van der Waals surface area contributed by atoms with Crippen molar-refractivity contribution in [1.82, 2.24) is 10.6 Å². The molecule has 0 bridgehead atoms. The average molecular weight is 235 g/mol. The minimum absolute atomic E-state index is 0.246. The van der Waals surface area contributed by atoms with Crippen LogP contribution in [0.1, 0.15) is 46.5 Å². The number of nitrogens with zero attached hydrogens (tertiary/aromatic N) is 1. The van der Waals surface area contributed by atoms with E-state index >= 15 is 0 Å². The Bertz CT molecular complexity index is 328. The van der Waals surface area contributed by atoms with Crippen LogP contribution in [-0.2, 0) is 0 Å². The van der Waals surface area contributed by atoms with Crippen LogP contribution in [0.4, 0.5) is 0 Å². The molecule has 3 heteroatoms. The van der Waals surface area contributed by atoms with Crippen molar-refractivity contribution >= 4 is 5.96 Å². The predicted octanol–water partition coefficient (Wildman–Crippen LogP) is 2.45. The molecular formula is C14H25N3. The van der Waals surface area contributed by atoms with Gasteiger partial charge >= 0.3 is 0 Å².